The van der Waals surface area contributed by atoms with E-state index in [-0.39, 0.29) is 6.61 Å². The third kappa shape index (κ3) is 10.3. The Labute approximate surface area is 119 Å². The van der Waals surface area contributed by atoms with Crippen LogP contribution in [0.4, 0.5) is 0 Å². The highest BCUT2D eigenvalue weighted by Crippen LogP contribution is 2.13. The van der Waals surface area contributed by atoms with Gasteiger partial charge in [-0.3, -0.25) is 0 Å². The molecule has 2 atom stereocenters. The van der Waals surface area contributed by atoms with E-state index in [1.807, 2.05) is 14.1 Å². The highest BCUT2D eigenvalue weighted by atomic mass is 16.5. The number of nitrogens with zero attached hydrogens (tertiary/aromatic N) is 1. The second-order valence-electron chi connectivity index (χ2n) is 6.17. The van der Waals surface area contributed by atoms with Crippen LogP contribution in [0.15, 0.2) is 0 Å². The lowest BCUT2D eigenvalue weighted by Gasteiger charge is -2.31. The van der Waals surface area contributed by atoms with Crippen molar-refractivity contribution < 1.29 is 19.4 Å². The molecule has 0 heterocycles. The molecule has 4 nitrogen and oxygen atoms in total. The van der Waals surface area contributed by atoms with Gasteiger partial charge in [-0.05, 0) is 12.3 Å². The molecule has 0 aromatic rings. The highest BCUT2D eigenvalue weighted by molar-refractivity contribution is 4.58. The molecule has 0 radical (unpaired) electrons. The van der Waals surface area contributed by atoms with Gasteiger partial charge in [0.15, 0.2) is 0 Å². The zero-order chi connectivity index (χ0) is 14.7. The van der Waals surface area contributed by atoms with Crippen molar-refractivity contribution >= 4 is 0 Å². The van der Waals surface area contributed by atoms with E-state index in [4.69, 9.17) is 9.84 Å². The average molecular weight is 276 g/mol. The van der Waals surface area contributed by atoms with Crippen LogP contribution in [0.2, 0.25) is 0 Å². The maximum atomic E-state index is 9.95. The number of likely N-dealkylation sites (N-methyl/N-ethyl adjacent to an activating group) is 1. The van der Waals surface area contributed by atoms with Crippen LogP contribution < -0.4 is 0 Å². The Hall–Kier alpha value is -0.160. The molecule has 0 spiro atoms. The summed E-state index contributed by atoms with van der Waals surface area (Å²) in [5, 5.41) is 18.9. The van der Waals surface area contributed by atoms with Gasteiger partial charge in [-0.25, -0.2) is 0 Å². The fraction of sp³-hybridized carbons (Fsp3) is 1.00. The second kappa shape index (κ2) is 10.6. The molecule has 0 aromatic carbocycles. The zero-order valence-corrected chi connectivity index (χ0v) is 13.3. The third-order valence-electron chi connectivity index (χ3n) is 3.62. The van der Waals surface area contributed by atoms with Gasteiger partial charge in [0, 0.05) is 6.61 Å². The highest BCUT2D eigenvalue weighted by Gasteiger charge is 2.20. The fourth-order valence-electron chi connectivity index (χ4n) is 2.25. The van der Waals surface area contributed by atoms with Crippen molar-refractivity contribution in [1.82, 2.24) is 0 Å². The minimum Gasteiger partial charge on any atom is -0.391 e. The molecule has 4 heteroatoms. The Balaban J connectivity index is 3.80. The van der Waals surface area contributed by atoms with Crippen molar-refractivity contribution in [1.29, 1.82) is 0 Å². The first-order chi connectivity index (χ1) is 8.95. The van der Waals surface area contributed by atoms with Crippen molar-refractivity contribution in [2.45, 2.75) is 45.6 Å². The number of rotatable bonds is 12. The lowest BCUT2D eigenvalue weighted by molar-refractivity contribution is -0.893. The molecule has 2 N–H and O–H groups in total. The summed E-state index contributed by atoms with van der Waals surface area (Å²) in [5.74, 6) is 0.618. The number of aliphatic hydroxyl groups excluding tert-OH is 2. The summed E-state index contributed by atoms with van der Waals surface area (Å²) >= 11 is 0. The first-order valence-corrected chi connectivity index (χ1v) is 7.63. The first-order valence-electron chi connectivity index (χ1n) is 7.63. The Kier molecular flexibility index (Phi) is 10.5. The standard InChI is InChI=1S/C15H34NO3/c1-5-7-8-14(6-2)12-19-13-15(18)11-16(3,4)9-10-17/h14-15,17-18H,5-13H2,1-4H3/q+1. The number of hydrogen-bond acceptors (Lipinski definition) is 3. The van der Waals surface area contributed by atoms with Gasteiger partial charge in [-0.2, -0.15) is 0 Å². The minimum absolute atomic E-state index is 0.148. The minimum atomic E-state index is -0.453. The van der Waals surface area contributed by atoms with E-state index in [1.165, 1.54) is 19.3 Å². The van der Waals surface area contributed by atoms with E-state index < -0.39 is 6.10 Å². The van der Waals surface area contributed by atoms with Crippen LogP contribution in [0.3, 0.4) is 0 Å². The topological polar surface area (TPSA) is 49.7 Å². The quantitative estimate of drug-likeness (QED) is 0.533. The Morgan fingerprint density at radius 3 is 2.37 bits per heavy atom. The van der Waals surface area contributed by atoms with Crippen molar-refractivity contribution in [3.05, 3.63) is 0 Å². The van der Waals surface area contributed by atoms with Crippen LogP contribution >= 0.6 is 0 Å². The van der Waals surface area contributed by atoms with Gasteiger partial charge in [0.2, 0.25) is 0 Å². The van der Waals surface area contributed by atoms with Crippen molar-refractivity contribution in [3.8, 4) is 0 Å². The summed E-state index contributed by atoms with van der Waals surface area (Å²) in [6.07, 6.45) is 4.39. The van der Waals surface area contributed by atoms with E-state index in [9.17, 15) is 5.11 Å². The number of hydrogen-bond donors (Lipinski definition) is 2. The van der Waals surface area contributed by atoms with Crippen LogP contribution in [-0.2, 0) is 4.74 Å². The predicted octanol–water partition coefficient (Wildman–Crippen LogP) is 1.65. The molecule has 0 bridgehead atoms. The summed E-state index contributed by atoms with van der Waals surface area (Å²) in [6, 6.07) is 0. The molecule has 0 amide bonds. The predicted molar refractivity (Wildman–Crippen MR) is 79.1 cm³/mol. The number of ether oxygens (including phenoxy) is 1. The summed E-state index contributed by atoms with van der Waals surface area (Å²) in [5.41, 5.74) is 0. The maximum absolute atomic E-state index is 9.95. The summed E-state index contributed by atoms with van der Waals surface area (Å²) in [4.78, 5) is 0. The van der Waals surface area contributed by atoms with Crippen molar-refractivity contribution in [2.24, 2.45) is 5.92 Å². The van der Waals surface area contributed by atoms with Crippen molar-refractivity contribution in [3.63, 3.8) is 0 Å². The molecule has 0 fully saturated rings. The molecular formula is C15H34NO3+. The number of unbranched alkanes of at least 4 members (excludes halogenated alkanes) is 1. The molecule has 116 valence electrons. The zero-order valence-electron chi connectivity index (χ0n) is 13.3. The summed E-state index contributed by atoms with van der Waals surface area (Å²) < 4.78 is 6.27. The normalized spacial score (nSPS) is 15.5. The van der Waals surface area contributed by atoms with Gasteiger partial charge >= 0.3 is 0 Å². The summed E-state index contributed by atoms with van der Waals surface area (Å²) in [6.45, 7) is 6.98. The molecule has 19 heavy (non-hydrogen) atoms. The van der Waals surface area contributed by atoms with Gasteiger partial charge in [0.25, 0.3) is 0 Å². The van der Waals surface area contributed by atoms with Crippen LogP contribution in [-0.4, -0.2) is 67.8 Å². The average Bonchev–Trinajstić information content (AvgIpc) is 2.32. The fourth-order valence-corrected chi connectivity index (χ4v) is 2.25. The molecular weight excluding hydrogens is 242 g/mol. The molecule has 0 aliphatic heterocycles. The van der Waals surface area contributed by atoms with Crippen LogP contribution in [0.5, 0.6) is 0 Å². The van der Waals surface area contributed by atoms with E-state index in [1.54, 1.807) is 0 Å². The molecule has 0 saturated heterocycles. The lowest BCUT2D eigenvalue weighted by Crippen LogP contribution is -2.48. The van der Waals surface area contributed by atoms with Crippen molar-refractivity contribution in [2.75, 3.05) is 47.0 Å². The SMILES string of the molecule is CCCCC(CC)COCC(O)C[N+](C)(C)CCO. The Bertz CT molecular complexity index is 210. The largest absolute Gasteiger partial charge is 0.391 e. The van der Waals surface area contributed by atoms with E-state index in [0.717, 1.165) is 13.0 Å². The smallest absolute Gasteiger partial charge is 0.126 e. The molecule has 0 rings (SSSR count). The van der Waals surface area contributed by atoms with E-state index in [0.29, 0.717) is 30.1 Å². The second-order valence-corrected chi connectivity index (χ2v) is 6.17. The molecule has 2 unspecified atom stereocenters. The third-order valence-corrected chi connectivity index (χ3v) is 3.62. The van der Waals surface area contributed by atoms with Gasteiger partial charge in [0.1, 0.15) is 19.2 Å². The molecule has 0 aromatic heterocycles. The maximum Gasteiger partial charge on any atom is 0.126 e. The van der Waals surface area contributed by atoms with Crippen LogP contribution in [0.1, 0.15) is 39.5 Å². The molecule has 0 aliphatic rings. The monoisotopic (exact) mass is 276 g/mol. The van der Waals surface area contributed by atoms with Gasteiger partial charge in [-0.1, -0.05) is 33.1 Å². The molecule has 0 aliphatic carbocycles. The van der Waals surface area contributed by atoms with Gasteiger partial charge < -0.3 is 19.4 Å². The summed E-state index contributed by atoms with van der Waals surface area (Å²) in [7, 11) is 4.02. The Morgan fingerprint density at radius 1 is 1.16 bits per heavy atom. The van der Waals surface area contributed by atoms with E-state index in [2.05, 4.69) is 13.8 Å². The Morgan fingerprint density at radius 2 is 1.84 bits per heavy atom. The number of aliphatic hydroxyl groups is 2. The van der Waals surface area contributed by atoms with E-state index >= 15 is 0 Å². The van der Waals surface area contributed by atoms with Gasteiger partial charge in [0.05, 0.1) is 27.3 Å². The number of quaternary nitrogens is 1. The van der Waals surface area contributed by atoms with Gasteiger partial charge in [-0.15, -0.1) is 0 Å². The lowest BCUT2D eigenvalue weighted by atomic mass is 10.0. The van der Waals surface area contributed by atoms with Crippen LogP contribution in [0, 0.1) is 5.92 Å². The molecule has 0 saturated carbocycles. The van der Waals surface area contributed by atoms with Crippen LogP contribution in [0.25, 0.3) is 0 Å². The first kappa shape index (κ1) is 18.8.